The van der Waals surface area contributed by atoms with E-state index in [0.717, 1.165) is 24.9 Å². The van der Waals surface area contributed by atoms with Gasteiger partial charge >= 0.3 is 0 Å². The molecule has 1 aromatic carbocycles. The van der Waals surface area contributed by atoms with Crippen molar-refractivity contribution in [2.45, 2.75) is 70.5 Å². The van der Waals surface area contributed by atoms with Gasteiger partial charge in [0.15, 0.2) is 0 Å². The first-order chi connectivity index (χ1) is 11.3. The second-order valence-corrected chi connectivity index (χ2v) is 7.15. The van der Waals surface area contributed by atoms with Crippen LogP contribution in [0.2, 0.25) is 0 Å². The van der Waals surface area contributed by atoms with Crippen molar-refractivity contribution in [2.75, 3.05) is 0 Å². The Bertz CT molecular complexity index is 754. The number of nitrogens with one attached hydrogen (secondary N) is 1. The molecule has 1 aliphatic heterocycles. The molecule has 0 amide bonds. The molecule has 1 aliphatic carbocycles. The SMILES string of the molecule is O=c1c(CNC2CCCCCC2)cc2cccc3c2n1CCC3. The molecule has 3 nitrogen and oxygen atoms in total. The Balaban J connectivity index is 1.63. The Morgan fingerprint density at radius 2 is 1.91 bits per heavy atom. The van der Waals surface area contributed by atoms with Gasteiger partial charge in [-0.3, -0.25) is 4.79 Å². The molecule has 122 valence electrons. The van der Waals surface area contributed by atoms with Crippen LogP contribution in [-0.4, -0.2) is 10.6 Å². The van der Waals surface area contributed by atoms with Crippen LogP contribution in [0.15, 0.2) is 29.1 Å². The minimum Gasteiger partial charge on any atom is -0.310 e. The zero-order valence-electron chi connectivity index (χ0n) is 13.8. The van der Waals surface area contributed by atoms with E-state index in [1.165, 1.54) is 55.0 Å². The molecular weight excluding hydrogens is 284 g/mol. The van der Waals surface area contributed by atoms with Gasteiger partial charge in [0, 0.05) is 24.7 Å². The van der Waals surface area contributed by atoms with E-state index >= 15 is 0 Å². The van der Waals surface area contributed by atoms with Crippen LogP contribution in [-0.2, 0) is 19.5 Å². The summed E-state index contributed by atoms with van der Waals surface area (Å²) in [4.78, 5) is 12.9. The summed E-state index contributed by atoms with van der Waals surface area (Å²) in [6, 6.07) is 9.14. The normalized spacial score (nSPS) is 19.0. The van der Waals surface area contributed by atoms with Gasteiger partial charge in [0.2, 0.25) is 0 Å². The molecule has 2 aliphatic rings. The molecule has 2 heterocycles. The fourth-order valence-corrected chi connectivity index (χ4v) is 4.29. The van der Waals surface area contributed by atoms with Crippen LogP contribution >= 0.6 is 0 Å². The van der Waals surface area contributed by atoms with Crippen molar-refractivity contribution in [2.24, 2.45) is 0 Å². The zero-order valence-corrected chi connectivity index (χ0v) is 13.8. The van der Waals surface area contributed by atoms with Crippen LogP contribution in [0, 0.1) is 0 Å². The van der Waals surface area contributed by atoms with Crippen molar-refractivity contribution >= 4 is 10.9 Å². The third-order valence-corrected chi connectivity index (χ3v) is 5.53. The maximum absolute atomic E-state index is 12.9. The molecule has 0 spiro atoms. The maximum atomic E-state index is 12.9. The molecule has 4 rings (SSSR count). The highest BCUT2D eigenvalue weighted by atomic mass is 16.1. The highest BCUT2D eigenvalue weighted by Crippen LogP contribution is 2.24. The van der Waals surface area contributed by atoms with E-state index in [-0.39, 0.29) is 5.56 Å². The minimum absolute atomic E-state index is 0.214. The van der Waals surface area contributed by atoms with Crippen molar-refractivity contribution < 1.29 is 0 Å². The first-order valence-corrected chi connectivity index (χ1v) is 9.20. The van der Waals surface area contributed by atoms with Crippen molar-refractivity contribution in [3.8, 4) is 0 Å². The van der Waals surface area contributed by atoms with Crippen molar-refractivity contribution in [1.82, 2.24) is 9.88 Å². The van der Waals surface area contributed by atoms with Crippen molar-refractivity contribution in [1.29, 1.82) is 0 Å². The van der Waals surface area contributed by atoms with Crippen molar-refractivity contribution in [3.63, 3.8) is 0 Å². The van der Waals surface area contributed by atoms with Gasteiger partial charge in [-0.25, -0.2) is 0 Å². The number of hydrogen-bond donors (Lipinski definition) is 1. The van der Waals surface area contributed by atoms with Gasteiger partial charge in [0.25, 0.3) is 5.56 Å². The summed E-state index contributed by atoms with van der Waals surface area (Å²) in [5.74, 6) is 0. The molecule has 3 heteroatoms. The number of nitrogens with zero attached hydrogens (tertiary/aromatic N) is 1. The largest absolute Gasteiger partial charge is 0.310 e. The molecule has 1 N–H and O–H groups in total. The highest BCUT2D eigenvalue weighted by molar-refractivity contribution is 5.83. The van der Waals surface area contributed by atoms with Gasteiger partial charge in [-0.1, -0.05) is 43.9 Å². The fraction of sp³-hybridized carbons (Fsp3) is 0.550. The monoisotopic (exact) mass is 310 g/mol. The topological polar surface area (TPSA) is 34.0 Å². The molecule has 0 bridgehead atoms. The third-order valence-electron chi connectivity index (χ3n) is 5.53. The fourth-order valence-electron chi connectivity index (χ4n) is 4.29. The second kappa shape index (κ2) is 6.48. The average molecular weight is 310 g/mol. The number of rotatable bonds is 3. The van der Waals surface area contributed by atoms with Crippen LogP contribution in [0.25, 0.3) is 10.9 Å². The van der Waals surface area contributed by atoms with Crippen molar-refractivity contribution in [3.05, 3.63) is 45.7 Å². The Hall–Kier alpha value is -1.61. The minimum atomic E-state index is 0.214. The lowest BCUT2D eigenvalue weighted by Crippen LogP contribution is -2.33. The first kappa shape index (κ1) is 14.9. The standard InChI is InChI=1S/C20H26N2O/c23-20-17(14-21-18-10-3-1-2-4-11-18)13-16-8-5-7-15-9-6-12-22(20)19(15)16/h5,7-8,13,18,21H,1-4,6,9-12,14H2. The van der Waals surface area contributed by atoms with Crippen LogP contribution in [0.4, 0.5) is 0 Å². The number of aryl methyl sites for hydroxylation is 2. The van der Waals surface area contributed by atoms with E-state index in [0.29, 0.717) is 12.6 Å². The molecule has 1 fully saturated rings. The number of para-hydroxylation sites is 1. The summed E-state index contributed by atoms with van der Waals surface area (Å²) in [5, 5.41) is 4.88. The summed E-state index contributed by atoms with van der Waals surface area (Å²) in [5.41, 5.74) is 3.64. The molecule has 0 radical (unpaired) electrons. The van der Waals surface area contributed by atoms with E-state index in [1.54, 1.807) is 0 Å². The predicted octanol–water partition coefficient (Wildman–Crippen LogP) is 3.76. The van der Waals surface area contributed by atoms with E-state index in [2.05, 4.69) is 29.6 Å². The molecule has 0 unspecified atom stereocenters. The molecule has 1 saturated carbocycles. The van der Waals surface area contributed by atoms with Gasteiger partial charge in [0.1, 0.15) is 0 Å². The number of pyridine rings is 1. The van der Waals surface area contributed by atoms with E-state index < -0.39 is 0 Å². The Labute approximate surface area is 137 Å². The lowest BCUT2D eigenvalue weighted by molar-refractivity contribution is 0.456. The van der Waals surface area contributed by atoms with Gasteiger partial charge < -0.3 is 9.88 Å². The Morgan fingerprint density at radius 1 is 1.09 bits per heavy atom. The van der Waals surface area contributed by atoms with Crippen LogP contribution < -0.4 is 10.9 Å². The molecular formula is C20H26N2O. The number of hydrogen-bond acceptors (Lipinski definition) is 2. The van der Waals surface area contributed by atoms with Crippen LogP contribution in [0.1, 0.15) is 56.1 Å². The summed E-state index contributed by atoms with van der Waals surface area (Å²) in [6.45, 7) is 1.58. The number of benzene rings is 1. The molecule has 0 atom stereocenters. The molecule has 0 saturated heterocycles. The number of aromatic nitrogens is 1. The lowest BCUT2D eigenvalue weighted by atomic mass is 10.00. The van der Waals surface area contributed by atoms with Gasteiger partial charge in [-0.05, 0) is 42.7 Å². The summed E-state index contributed by atoms with van der Waals surface area (Å²) < 4.78 is 2.01. The zero-order chi connectivity index (χ0) is 15.6. The van der Waals surface area contributed by atoms with E-state index in [1.807, 2.05) is 4.57 Å². The third kappa shape index (κ3) is 2.94. The van der Waals surface area contributed by atoms with E-state index in [9.17, 15) is 4.79 Å². The quantitative estimate of drug-likeness (QED) is 0.876. The highest BCUT2D eigenvalue weighted by Gasteiger charge is 2.17. The predicted molar refractivity (Wildman–Crippen MR) is 94.9 cm³/mol. The first-order valence-electron chi connectivity index (χ1n) is 9.20. The molecule has 23 heavy (non-hydrogen) atoms. The molecule has 2 aromatic rings. The average Bonchev–Trinajstić information content (AvgIpc) is 2.85. The summed E-state index contributed by atoms with van der Waals surface area (Å²) in [7, 11) is 0. The smallest absolute Gasteiger partial charge is 0.255 e. The van der Waals surface area contributed by atoms with Gasteiger partial charge in [-0.15, -0.1) is 0 Å². The maximum Gasteiger partial charge on any atom is 0.255 e. The summed E-state index contributed by atoms with van der Waals surface area (Å²) >= 11 is 0. The van der Waals surface area contributed by atoms with E-state index in [4.69, 9.17) is 0 Å². The van der Waals surface area contributed by atoms with Gasteiger partial charge in [0.05, 0.1) is 5.52 Å². The van der Waals surface area contributed by atoms with Crippen LogP contribution in [0.3, 0.4) is 0 Å². The van der Waals surface area contributed by atoms with Gasteiger partial charge in [-0.2, -0.15) is 0 Å². The molecule has 1 aromatic heterocycles. The Morgan fingerprint density at radius 3 is 2.74 bits per heavy atom. The second-order valence-electron chi connectivity index (χ2n) is 7.15. The lowest BCUT2D eigenvalue weighted by Gasteiger charge is -2.21. The Kier molecular flexibility index (Phi) is 4.21. The van der Waals surface area contributed by atoms with Crippen LogP contribution in [0.5, 0.6) is 0 Å². The summed E-state index contributed by atoms with van der Waals surface area (Å²) in [6.07, 6.45) is 10.1.